The van der Waals surface area contributed by atoms with Gasteiger partial charge in [-0.1, -0.05) is 12.1 Å². The first-order chi connectivity index (χ1) is 9.69. The summed E-state index contributed by atoms with van der Waals surface area (Å²) in [5.74, 6) is 0.876. The molecule has 1 fully saturated rings. The van der Waals surface area contributed by atoms with Crippen LogP contribution in [0.2, 0.25) is 0 Å². The molecule has 1 amide bonds. The Balaban J connectivity index is 1.81. The molecule has 2 rings (SSSR count). The van der Waals surface area contributed by atoms with Gasteiger partial charge in [0.25, 0.3) is 0 Å². The maximum Gasteiger partial charge on any atom is 0.224 e. The molecule has 4 heteroatoms. The van der Waals surface area contributed by atoms with Crippen LogP contribution in [-0.4, -0.2) is 31.3 Å². The first-order valence-electron chi connectivity index (χ1n) is 7.31. The molecular formula is C16H23NO3. The molecule has 1 aliphatic rings. The molecule has 0 aliphatic carbocycles. The molecule has 1 N–H and O–H groups in total. The predicted molar refractivity (Wildman–Crippen MR) is 77.9 cm³/mol. The second-order valence-electron chi connectivity index (χ2n) is 5.16. The van der Waals surface area contributed by atoms with Crippen LogP contribution >= 0.6 is 0 Å². The van der Waals surface area contributed by atoms with Crippen molar-refractivity contribution in [2.75, 3.05) is 13.2 Å². The summed E-state index contributed by atoms with van der Waals surface area (Å²) in [4.78, 5) is 12.0. The summed E-state index contributed by atoms with van der Waals surface area (Å²) in [6.07, 6.45) is 2.68. The molecule has 0 aromatic heterocycles. The quantitative estimate of drug-likeness (QED) is 0.868. The molecule has 1 aromatic rings. The monoisotopic (exact) mass is 277 g/mol. The maximum atomic E-state index is 12.0. The van der Waals surface area contributed by atoms with Gasteiger partial charge in [0.05, 0.1) is 25.2 Å². The zero-order valence-electron chi connectivity index (χ0n) is 12.2. The molecule has 110 valence electrons. The van der Waals surface area contributed by atoms with Crippen molar-refractivity contribution in [1.29, 1.82) is 0 Å². The van der Waals surface area contributed by atoms with Crippen molar-refractivity contribution in [1.82, 2.24) is 5.32 Å². The van der Waals surface area contributed by atoms with E-state index >= 15 is 0 Å². The van der Waals surface area contributed by atoms with Crippen molar-refractivity contribution in [3.05, 3.63) is 29.8 Å². The molecule has 0 bridgehead atoms. The molecule has 1 aromatic carbocycles. The number of benzene rings is 1. The first kappa shape index (κ1) is 14.9. The minimum absolute atomic E-state index is 0.0390. The van der Waals surface area contributed by atoms with Crippen molar-refractivity contribution in [2.24, 2.45) is 0 Å². The highest BCUT2D eigenvalue weighted by molar-refractivity contribution is 5.78. The van der Waals surface area contributed by atoms with Crippen LogP contribution in [0.1, 0.15) is 32.3 Å². The van der Waals surface area contributed by atoms with E-state index in [9.17, 15) is 4.79 Å². The van der Waals surface area contributed by atoms with E-state index in [1.807, 2.05) is 38.1 Å². The zero-order chi connectivity index (χ0) is 14.4. The summed E-state index contributed by atoms with van der Waals surface area (Å²) in [6.45, 7) is 5.42. The SMILES string of the molecule is CCOc1ccc(CC(=O)NC(C)C2CCCO2)cc1. The van der Waals surface area contributed by atoms with Gasteiger partial charge in [-0.15, -0.1) is 0 Å². The van der Waals surface area contributed by atoms with Gasteiger partial charge in [-0.3, -0.25) is 4.79 Å². The van der Waals surface area contributed by atoms with E-state index < -0.39 is 0 Å². The van der Waals surface area contributed by atoms with E-state index in [0.29, 0.717) is 13.0 Å². The fourth-order valence-electron chi connectivity index (χ4n) is 2.45. The molecule has 20 heavy (non-hydrogen) atoms. The van der Waals surface area contributed by atoms with Gasteiger partial charge in [-0.2, -0.15) is 0 Å². The maximum absolute atomic E-state index is 12.0. The third-order valence-electron chi connectivity index (χ3n) is 3.51. The third-order valence-corrected chi connectivity index (χ3v) is 3.51. The lowest BCUT2D eigenvalue weighted by Gasteiger charge is -2.20. The number of nitrogens with one attached hydrogen (secondary N) is 1. The average molecular weight is 277 g/mol. The topological polar surface area (TPSA) is 47.6 Å². The van der Waals surface area contributed by atoms with E-state index in [2.05, 4.69) is 5.32 Å². The summed E-state index contributed by atoms with van der Waals surface area (Å²) >= 11 is 0. The third kappa shape index (κ3) is 4.23. The number of carbonyl (C=O) groups excluding carboxylic acids is 1. The first-order valence-corrected chi connectivity index (χ1v) is 7.31. The summed E-state index contributed by atoms with van der Waals surface area (Å²) in [5, 5.41) is 3.01. The lowest BCUT2D eigenvalue weighted by molar-refractivity contribution is -0.121. The molecule has 1 heterocycles. The lowest BCUT2D eigenvalue weighted by Crippen LogP contribution is -2.41. The second-order valence-corrected chi connectivity index (χ2v) is 5.16. The Morgan fingerprint density at radius 1 is 1.45 bits per heavy atom. The molecule has 2 atom stereocenters. The van der Waals surface area contributed by atoms with E-state index in [-0.39, 0.29) is 18.1 Å². The molecule has 1 saturated heterocycles. The molecule has 2 unspecified atom stereocenters. The fourth-order valence-corrected chi connectivity index (χ4v) is 2.45. The van der Waals surface area contributed by atoms with Gasteiger partial charge in [-0.25, -0.2) is 0 Å². The van der Waals surface area contributed by atoms with E-state index in [1.165, 1.54) is 0 Å². The average Bonchev–Trinajstić information content (AvgIpc) is 2.95. The van der Waals surface area contributed by atoms with Crippen molar-refractivity contribution < 1.29 is 14.3 Å². The van der Waals surface area contributed by atoms with Gasteiger partial charge in [-0.05, 0) is 44.4 Å². The Kier molecular flexibility index (Phi) is 5.41. The number of ether oxygens (including phenoxy) is 2. The van der Waals surface area contributed by atoms with Crippen LogP contribution < -0.4 is 10.1 Å². The normalized spacial score (nSPS) is 19.6. The largest absolute Gasteiger partial charge is 0.494 e. The molecular weight excluding hydrogens is 254 g/mol. The smallest absolute Gasteiger partial charge is 0.224 e. The Hall–Kier alpha value is -1.55. The van der Waals surface area contributed by atoms with Crippen LogP contribution in [-0.2, 0) is 16.0 Å². The summed E-state index contributed by atoms with van der Waals surface area (Å²) in [5.41, 5.74) is 0.991. The minimum atomic E-state index is 0.0390. The van der Waals surface area contributed by atoms with Gasteiger partial charge in [0.2, 0.25) is 5.91 Å². The van der Waals surface area contributed by atoms with Gasteiger partial charge in [0, 0.05) is 6.61 Å². The van der Waals surface area contributed by atoms with Crippen molar-refractivity contribution in [3.63, 3.8) is 0 Å². The molecule has 0 saturated carbocycles. The van der Waals surface area contributed by atoms with E-state index in [1.54, 1.807) is 0 Å². The zero-order valence-corrected chi connectivity index (χ0v) is 12.2. The van der Waals surface area contributed by atoms with Gasteiger partial charge in [0.1, 0.15) is 5.75 Å². The highest BCUT2D eigenvalue weighted by Crippen LogP contribution is 2.16. The second kappa shape index (κ2) is 7.29. The van der Waals surface area contributed by atoms with E-state index in [4.69, 9.17) is 9.47 Å². The molecule has 0 radical (unpaired) electrons. The Labute approximate surface area is 120 Å². The summed E-state index contributed by atoms with van der Waals surface area (Å²) < 4.78 is 11.0. The number of hydrogen-bond donors (Lipinski definition) is 1. The number of hydrogen-bond acceptors (Lipinski definition) is 3. The Morgan fingerprint density at radius 3 is 2.80 bits per heavy atom. The number of carbonyl (C=O) groups is 1. The molecule has 1 aliphatic heterocycles. The van der Waals surface area contributed by atoms with Crippen LogP contribution in [0, 0.1) is 0 Å². The highest BCUT2D eigenvalue weighted by Gasteiger charge is 2.23. The number of rotatable bonds is 6. The fraction of sp³-hybridized carbons (Fsp3) is 0.562. The van der Waals surface area contributed by atoms with Crippen molar-refractivity contribution in [3.8, 4) is 5.75 Å². The predicted octanol–water partition coefficient (Wildman–Crippen LogP) is 2.31. The highest BCUT2D eigenvalue weighted by atomic mass is 16.5. The van der Waals surface area contributed by atoms with Crippen LogP contribution in [0.4, 0.5) is 0 Å². The molecule has 0 spiro atoms. The number of amides is 1. The van der Waals surface area contributed by atoms with Crippen LogP contribution in [0.5, 0.6) is 5.75 Å². The summed E-state index contributed by atoms with van der Waals surface area (Å²) in [7, 11) is 0. The Morgan fingerprint density at radius 2 is 2.20 bits per heavy atom. The molecule has 4 nitrogen and oxygen atoms in total. The van der Waals surface area contributed by atoms with Crippen molar-refractivity contribution >= 4 is 5.91 Å². The van der Waals surface area contributed by atoms with Crippen molar-refractivity contribution in [2.45, 2.75) is 45.3 Å². The minimum Gasteiger partial charge on any atom is -0.494 e. The standard InChI is InChI=1S/C16H23NO3/c1-3-19-14-8-6-13(7-9-14)11-16(18)17-12(2)15-5-4-10-20-15/h6-9,12,15H,3-5,10-11H2,1-2H3,(H,17,18). The van der Waals surface area contributed by atoms with Crippen LogP contribution in [0.25, 0.3) is 0 Å². The lowest BCUT2D eigenvalue weighted by atomic mass is 10.1. The Bertz CT molecular complexity index is 424. The van der Waals surface area contributed by atoms with Gasteiger partial charge < -0.3 is 14.8 Å². The van der Waals surface area contributed by atoms with Gasteiger partial charge in [0.15, 0.2) is 0 Å². The van der Waals surface area contributed by atoms with Crippen LogP contribution in [0.15, 0.2) is 24.3 Å². The van der Waals surface area contributed by atoms with Crippen LogP contribution in [0.3, 0.4) is 0 Å². The van der Waals surface area contributed by atoms with E-state index in [0.717, 1.165) is 30.8 Å². The summed E-state index contributed by atoms with van der Waals surface area (Å²) in [6, 6.07) is 7.74. The van der Waals surface area contributed by atoms with Gasteiger partial charge >= 0.3 is 0 Å².